The molecule has 0 fully saturated rings. The molecular weight excluding hydrogens is 399 g/mol. The molecule has 0 bridgehead atoms. The van der Waals surface area contributed by atoms with Gasteiger partial charge in [-0.2, -0.15) is 15.4 Å². The Hall–Kier alpha value is -2.41. The first-order valence-corrected chi connectivity index (χ1v) is 8.48. The van der Waals surface area contributed by atoms with Gasteiger partial charge in [-0.05, 0) is 42.0 Å². The predicted molar refractivity (Wildman–Crippen MR) is 99.1 cm³/mol. The summed E-state index contributed by atoms with van der Waals surface area (Å²) >= 11 is 18.4. The van der Waals surface area contributed by atoms with Gasteiger partial charge in [0.05, 0.1) is 21.3 Å². The molecule has 0 saturated carbocycles. The maximum absolute atomic E-state index is 12.7. The molecule has 6 nitrogen and oxygen atoms in total. The number of benzene rings is 2. The van der Waals surface area contributed by atoms with Crippen LogP contribution in [-0.4, -0.2) is 27.1 Å². The van der Waals surface area contributed by atoms with Crippen LogP contribution in [0.1, 0.15) is 37.7 Å². The van der Waals surface area contributed by atoms with Gasteiger partial charge in [0.25, 0.3) is 5.91 Å². The van der Waals surface area contributed by atoms with E-state index in [0.717, 1.165) is 0 Å². The molecule has 26 heavy (non-hydrogen) atoms. The zero-order valence-corrected chi connectivity index (χ0v) is 15.4. The molecule has 0 aliphatic heterocycles. The van der Waals surface area contributed by atoms with E-state index in [0.29, 0.717) is 21.8 Å². The molecule has 3 aromatic rings. The number of hydrogen-bond acceptors (Lipinski definition) is 4. The molecule has 1 heterocycles. The van der Waals surface area contributed by atoms with Gasteiger partial charge < -0.3 is 5.73 Å². The molecule has 3 rings (SSSR count). The molecule has 132 valence electrons. The Kier molecular flexibility index (Phi) is 5.27. The fourth-order valence-corrected chi connectivity index (χ4v) is 3.29. The van der Waals surface area contributed by atoms with Gasteiger partial charge in [-0.3, -0.25) is 9.59 Å². The highest BCUT2D eigenvalue weighted by atomic mass is 35.5. The zero-order chi connectivity index (χ0) is 18.8. The van der Waals surface area contributed by atoms with Crippen molar-refractivity contribution >= 4 is 46.5 Å². The number of H-pyrrole nitrogens is 1. The minimum Gasteiger partial charge on any atom is -0.364 e. The SMILES string of the molecule is NC(=O)c1n[nH]nc1Cc1cc(Cl)c(C(=O)c2ccc(Cl)cc2)c(Cl)c1. The summed E-state index contributed by atoms with van der Waals surface area (Å²) in [7, 11) is 0. The van der Waals surface area contributed by atoms with E-state index in [-0.39, 0.29) is 33.5 Å². The topological polar surface area (TPSA) is 102 Å². The van der Waals surface area contributed by atoms with E-state index >= 15 is 0 Å². The molecule has 0 atom stereocenters. The number of carbonyl (C=O) groups excluding carboxylic acids is 2. The van der Waals surface area contributed by atoms with Gasteiger partial charge in [0.15, 0.2) is 11.5 Å². The number of aromatic amines is 1. The van der Waals surface area contributed by atoms with Crippen LogP contribution in [0.5, 0.6) is 0 Å². The maximum atomic E-state index is 12.7. The molecule has 9 heteroatoms. The van der Waals surface area contributed by atoms with Crippen LogP contribution in [0, 0.1) is 0 Å². The molecule has 0 aliphatic carbocycles. The third kappa shape index (κ3) is 3.72. The lowest BCUT2D eigenvalue weighted by Crippen LogP contribution is -2.14. The average molecular weight is 410 g/mol. The Morgan fingerprint density at radius 3 is 2.19 bits per heavy atom. The molecule has 3 N–H and O–H groups in total. The Morgan fingerprint density at radius 2 is 1.62 bits per heavy atom. The number of nitrogens with two attached hydrogens (primary N) is 1. The Bertz CT molecular complexity index is 976. The molecule has 2 aromatic carbocycles. The first-order valence-electron chi connectivity index (χ1n) is 7.34. The monoisotopic (exact) mass is 408 g/mol. The van der Waals surface area contributed by atoms with E-state index < -0.39 is 5.91 Å². The summed E-state index contributed by atoms with van der Waals surface area (Å²) < 4.78 is 0. The van der Waals surface area contributed by atoms with E-state index in [1.165, 1.54) is 0 Å². The summed E-state index contributed by atoms with van der Waals surface area (Å²) in [6.45, 7) is 0. The van der Waals surface area contributed by atoms with Crippen molar-refractivity contribution in [3.05, 3.63) is 79.5 Å². The number of amides is 1. The van der Waals surface area contributed by atoms with Crippen molar-refractivity contribution < 1.29 is 9.59 Å². The normalized spacial score (nSPS) is 10.7. The van der Waals surface area contributed by atoms with Gasteiger partial charge in [0, 0.05) is 17.0 Å². The van der Waals surface area contributed by atoms with Crippen molar-refractivity contribution in [3.8, 4) is 0 Å². The molecule has 0 saturated heterocycles. The minimum absolute atomic E-state index is 0.0403. The summed E-state index contributed by atoms with van der Waals surface area (Å²) in [5.41, 5.74) is 6.91. The van der Waals surface area contributed by atoms with E-state index in [4.69, 9.17) is 40.5 Å². The van der Waals surface area contributed by atoms with Crippen molar-refractivity contribution in [3.63, 3.8) is 0 Å². The van der Waals surface area contributed by atoms with Crippen molar-refractivity contribution in [1.82, 2.24) is 15.4 Å². The molecule has 0 radical (unpaired) electrons. The van der Waals surface area contributed by atoms with E-state index in [9.17, 15) is 9.59 Å². The number of nitrogens with one attached hydrogen (secondary N) is 1. The first kappa shape index (κ1) is 18.4. The van der Waals surface area contributed by atoms with Crippen LogP contribution < -0.4 is 5.73 Å². The number of rotatable bonds is 5. The van der Waals surface area contributed by atoms with Crippen LogP contribution in [0.25, 0.3) is 0 Å². The Morgan fingerprint density at radius 1 is 1.00 bits per heavy atom. The largest absolute Gasteiger partial charge is 0.364 e. The highest BCUT2D eigenvalue weighted by Gasteiger charge is 2.20. The third-order valence-electron chi connectivity index (χ3n) is 3.66. The second-order valence-electron chi connectivity index (χ2n) is 5.43. The standard InChI is InChI=1S/C17H11Cl3N4O2/c18-10-3-1-9(2-4-10)16(25)14-11(19)5-8(6-12(14)20)7-13-15(17(21)26)23-24-22-13/h1-6H,7H2,(H2,21,26)(H,22,23,24). The quantitative estimate of drug-likeness (QED) is 0.627. The molecular formula is C17H11Cl3N4O2. The summed E-state index contributed by atoms with van der Waals surface area (Å²) in [6.07, 6.45) is 0.226. The second kappa shape index (κ2) is 7.45. The third-order valence-corrected chi connectivity index (χ3v) is 4.51. The molecule has 1 aromatic heterocycles. The minimum atomic E-state index is -0.694. The number of primary amides is 1. The highest BCUT2D eigenvalue weighted by molar-refractivity contribution is 6.41. The molecule has 1 amide bonds. The number of carbonyl (C=O) groups is 2. The smallest absolute Gasteiger partial charge is 0.271 e. The van der Waals surface area contributed by atoms with Gasteiger partial charge in [-0.25, -0.2) is 0 Å². The summed E-state index contributed by atoms with van der Waals surface area (Å²) in [5.74, 6) is -1.01. The number of aromatic nitrogens is 3. The van der Waals surface area contributed by atoms with Gasteiger partial charge >= 0.3 is 0 Å². The van der Waals surface area contributed by atoms with Gasteiger partial charge in [0.1, 0.15) is 0 Å². The van der Waals surface area contributed by atoms with E-state index in [2.05, 4.69) is 15.4 Å². The van der Waals surface area contributed by atoms with Crippen LogP contribution in [0.3, 0.4) is 0 Å². The lowest BCUT2D eigenvalue weighted by molar-refractivity contribution is 0.0993. The number of nitrogens with zero attached hydrogens (tertiary/aromatic N) is 2. The average Bonchev–Trinajstić information content (AvgIpc) is 3.03. The number of halogens is 3. The van der Waals surface area contributed by atoms with Gasteiger partial charge in [-0.15, -0.1) is 0 Å². The van der Waals surface area contributed by atoms with Crippen LogP contribution in [0.2, 0.25) is 15.1 Å². The molecule has 0 unspecified atom stereocenters. The lowest BCUT2D eigenvalue weighted by atomic mass is 10.00. The van der Waals surface area contributed by atoms with Crippen LogP contribution in [0.4, 0.5) is 0 Å². The fraction of sp³-hybridized carbons (Fsp3) is 0.0588. The Labute approximate surface area is 163 Å². The fourth-order valence-electron chi connectivity index (χ4n) is 2.46. The van der Waals surface area contributed by atoms with Gasteiger partial charge in [-0.1, -0.05) is 34.8 Å². The second-order valence-corrected chi connectivity index (χ2v) is 6.68. The van der Waals surface area contributed by atoms with Crippen molar-refractivity contribution in [1.29, 1.82) is 0 Å². The zero-order valence-electron chi connectivity index (χ0n) is 13.1. The summed E-state index contributed by atoms with van der Waals surface area (Å²) in [4.78, 5) is 24.0. The van der Waals surface area contributed by atoms with Crippen LogP contribution in [0.15, 0.2) is 36.4 Å². The lowest BCUT2D eigenvalue weighted by Gasteiger charge is -2.09. The summed E-state index contributed by atoms with van der Waals surface area (Å²) in [6, 6.07) is 9.60. The number of hydrogen-bond donors (Lipinski definition) is 2. The van der Waals surface area contributed by atoms with Crippen LogP contribution >= 0.6 is 34.8 Å². The van der Waals surface area contributed by atoms with Crippen molar-refractivity contribution in [2.45, 2.75) is 6.42 Å². The number of ketones is 1. The molecule has 0 aliphatic rings. The van der Waals surface area contributed by atoms with Gasteiger partial charge in [0.2, 0.25) is 0 Å². The van der Waals surface area contributed by atoms with E-state index in [1.54, 1.807) is 36.4 Å². The van der Waals surface area contributed by atoms with Crippen LogP contribution in [-0.2, 0) is 6.42 Å². The first-order chi connectivity index (χ1) is 12.4. The predicted octanol–water partition coefficient (Wildman–Crippen LogP) is 3.69. The summed E-state index contributed by atoms with van der Waals surface area (Å²) in [5, 5.41) is 10.9. The maximum Gasteiger partial charge on any atom is 0.271 e. The van der Waals surface area contributed by atoms with Crippen molar-refractivity contribution in [2.24, 2.45) is 5.73 Å². The van der Waals surface area contributed by atoms with E-state index in [1.807, 2.05) is 0 Å². The molecule has 0 spiro atoms. The Balaban J connectivity index is 1.93. The van der Waals surface area contributed by atoms with Crippen molar-refractivity contribution in [2.75, 3.05) is 0 Å². The highest BCUT2D eigenvalue weighted by Crippen LogP contribution is 2.30.